The van der Waals surface area contributed by atoms with E-state index in [1.165, 1.54) is 17.2 Å². The molecule has 0 unspecified atom stereocenters. The van der Waals surface area contributed by atoms with E-state index in [9.17, 15) is 14.4 Å². The Hall–Kier alpha value is -3.81. The number of amides is 3. The van der Waals surface area contributed by atoms with E-state index in [1.54, 1.807) is 31.2 Å². The molecule has 3 amide bonds. The molecule has 0 bridgehead atoms. The van der Waals surface area contributed by atoms with Gasteiger partial charge in [-0.1, -0.05) is 25.0 Å². The van der Waals surface area contributed by atoms with E-state index in [2.05, 4.69) is 10.6 Å². The molecule has 8 nitrogen and oxygen atoms in total. The first kappa shape index (κ1) is 24.3. The SMILES string of the molecule is Cc1ccc([C@@H](C(=O)NC2CCCC2)N(C(=O)CNC(=O)c2ccco2)c2cccc(C)c2C)o1. The molecular weight excluding hydrogens is 446 g/mol. The highest BCUT2D eigenvalue weighted by Gasteiger charge is 2.37. The topological polar surface area (TPSA) is 105 Å². The first-order chi connectivity index (χ1) is 16.8. The number of carbonyl (C=O) groups is 3. The average Bonchev–Trinajstić information content (AvgIpc) is 3.61. The highest BCUT2D eigenvalue weighted by atomic mass is 16.3. The van der Waals surface area contributed by atoms with Gasteiger partial charge in [0.05, 0.1) is 12.8 Å². The number of anilines is 1. The molecule has 35 heavy (non-hydrogen) atoms. The summed E-state index contributed by atoms with van der Waals surface area (Å²) in [5, 5.41) is 5.72. The van der Waals surface area contributed by atoms with Gasteiger partial charge in [0.1, 0.15) is 11.5 Å². The summed E-state index contributed by atoms with van der Waals surface area (Å²) in [6, 6.07) is 11.3. The van der Waals surface area contributed by atoms with Crippen molar-refractivity contribution in [3.8, 4) is 0 Å². The molecule has 1 aliphatic carbocycles. The summed E-state index contributed by atoms with van der Waals surface area (Å²) in [5.74, 6) is -0.154. The fourth-order valence-electron chi connectivity index (χ4n) is 4.47. The summed E-state index contributed by atoms with van der Waals surface area (Å²) in [6.07, 6.45) is 5.34. The smallest absolute Gasteiger partial charge is 0.287 e. The molecule has 1 atom stereocenters. The van der Waals surface area contributed by atoms with Crippen molar-refractivity contribution in [3.63, 3.8) is 0 Å². The molecule has 0 spiro atoms. The molecule has 3 aromatic rings. The van der Waals surface area contributed by atoms with Crippen LogP contribution in [0, 0.1) is 20.8 Å². The summed E-state index contributed by atoms with van der Waals surface area (Å²) in [4.78, 5) is 41.2. The van der Waals surface area contributed by atoms with Gasteiger partial charge >= 0.3 is 0 Å². The summed E-state index contributed by atoms with van der Waals surface area (Å²) in [5.41, 5.74) is 2.42. The zero-order chi connectivity index (χ0) is 24.9. The number of rotatable bonds is 8. The summed E-state index contributed by atoms with van der Waals surface area (Å²) < 4.78 is 11.0. The molecule has 1 saturated carbocycles. The van der Waals surface area contributed by atoms with Crippen LogP contribution in [-0.4, -0.2) is 30.3 Å². The van der Waals surface area contributed by atoms with E-state index < -0.39 is 17.9 Å². The normalized spacial score (nSPS) is 14.5. The largest absolute Gasteiger partial charge is 0.464 e. The molecule has 0 radical (unpaired) electrons. The Morgan fingerprint density at radius 3 is 2.46 bits per heavy atom. The van der Waals surface area contributed by atoms with E-state index in [0.717, 1.165) is 36.8 Å². The minimum absolute atomic E-state index is 0.0651. The number of benzene rings is 1. The van der Waals surface area contributed by atoms with Gasteiger partial charge in [-0.15, -0.1) is 0 Å². The summed E-state index contributed by atoms with van der Waals surface area (Å²) in [6.45, 7) is 5.33. The van der Waals surface area contributed by atoms with E-state index >= 15 is 0 Å². The van der Waals surface area contributed by atoms with Crippen molar-refractivity contribution in [1.82, 2.24) is 10.6 Å². The Kier molecular flexibility index (Phi) is 7.39. The molecule has 4 rings (SSSR count). The third kappa shape index (κ3) is 5.48. The number of furan rings is 2. The fourth-order valence-corrected chi connectivity index (χ4v) is 4.47. The number of nitrogens with zero attached hydrogens (tertiary/aromatic N) is 1. The second kappa shape index (κ2) is 10.6. The highest BCUT2D eigenvalue weighted by molar-refractivity contribution is 6.04. The standard InChI is InChI=1S/C27H31N3O5/c1-17-8-6-11-21(19(17)3)30(24(31)16-28-26(32)23-12-7-15-34-23)25(22-14-13-18(2)35-22)27(33)29-20-9-4-5-10-20/h6-8,11-15,20,25H,4-5,9-10,16H2,1-3H3,(H,28,32)(H,29,33)/t25-/m0/s1. The van der Waals surface area contributed by atoms with Gasteiger partial charge in [0.25, 0.3) is 11.8 Å². The van der Waals surface area contributed by atoms with E-state index in [0.29, 0.717) is 17.2 Å². The number of carbonyl (C=O) groups excluding carboxylic acids is 3. The van der Waals surface area contributed by atoms with Gasteiger partial charge in [0.15, 0.2) is 11.8 Å². The van der Waals surface area contributed by atoms with Crippen LogP contribution in [0.1, 0.15) is 64.9 Å². The van der Waals surface area contributed by atoms with Crippen LogP contribution in [0.25, 0.3) is 0 Å². The minimum Gasteiger partial charge on any atom is -0.464 e. The van der Waals surface area contributed by atoms with Gasteiger partial charge in [-0.05, 0) is 75.1 Å². The lowest BCUT2D eigenvalue weighted by Gasteiger charge is -2.32. The van der Waals surface area contributed by atoms with Gasteiger partial charge in [-0.2, -0.15) is 0 Å². The van der Waals surface area contributed by atoms with Crippen molar-refractivity contribution < 1.29 is 23.2 Å². The Bertz CT molecular complexity index is 1190. The molecule has 1 fully saturated rings. The predicted molar refractivity (Wildman–Crippen MR) is 131 cm³/mol. The zero-order valence-corrected chi connectivity index (χ0v) is 20.3. The molecule has 2 N–H and O–H groups in total. The van der Waals surface area contributed by atoms with Crippen molar-refractivity contribution in [1.29, 1.82) is 0 Å². The van der Waals surface area contributed by atoms with Crippen molar-refractivity contribution in [2.75, 3.05) is 11.4 Å². The van der Waals surface area contributed by atoms with Crippen LogP contribution < -0.4 is 15.5 Å². The van der Waals surface area contributed by atoms with E-state index in [-0.39, 0.29) is 24.3 Å². The minimum atomic E-state index is -1.03. The van der Waals surface area contributed by atoms with E-state index in [4.69, 9.17) is 8.83 Å². The lowest BCUT2D eigenvalue weighted by atomic mass is 10.0. The Morgan fingerprint density at radius 2 is 1.80 bits per heavy atom. The third-order valence-corrected chi connectivity index (χ3v) is 6.49. The van der Waals surface area contributed by atoms with Crippen molar-refractivity contribution in [2.24, 2.45) is 0 Å². The number of hydrogen-bond acceptors (Lipinski definition) is 5. The van der Waals surface area contributed by atoms with Crippen LogP contribution in [0.5, 0.6) is 0 Å². The molecular formula is C27H31N3O5. The molecule has 0 saturated heterocycles. The Morgan fingerprint density at radius 1 is 1.03 bits per heavy atom. The Balaban J connectivity index is 1.70. The van der Waals surface area contributed by atoms with Gasteiger partial charge < -0.3 is 19.5 Å². The van der Waals surface area contributed by atoms with Gasteiger partial charge in [-0.25, -0.2) is 0 Å². The molecule has 184 valence electrons. The maximum Gasteiger partial charge on any atom is 0.287 e. The van der Waals surface area contributed by atoms with E-state index in [1.807, 2.05) is 26.0 Å². The van der Waals surface area contributed by atoms with Crippen LogP contribution in [0.4, 0.5) is 5.69 Å². The van der Waals surface area contributed by atoms with Crippen LogP contribution in [0.2, 0.25) is 0 Å². The highest BCUT2D eigenvalue weighted by Crippen LogP contribution is 2.33. The zero-order valence-electron chi connectivity index (χ0n) is 20.3. The maximum atomic E-state index is 13.7. The van der Waals surface area contributed by atoms with Gasteiger partial charge in [0.2, 0.25) is 5.91 Å². The molecule has 0 aliphatic heterocycles. The molecule has 2 aromatic heterocycles. The predicted octanol–water partition coefficient (Wildman–Crippen LogP) is 4.36. The monoisotopic (exact) mass is 477 g/mol. The van der Waals surface area contributed by atoms with Crippen molar-refractivity contribution in [2.45, 2.75) is 58.5 Å². The second-order valence-electron chi connectivity index (χ2n) is 8.98. The van der Waals surface area contributed by atoms with Crippen molar-refractivity contribution >= 4 is 23.4 Å². The quantitative estimate of drug-likeness (QED) is 0.502. The third-order valence-electron chi connectivity index (χ3n) is 6.49. The number of aryl methyl sites for hydroxylation is 2. The first-order valence-corrected chi connectivity index (χ1v) is 11.9. The lowest BCUT2D eigenvalue weighted by molar-refractivity contribution is -0.127. The number of hydrogen-bond donors (Lipinski definition) is 2. The maximum absolute atomic E-state index is 13.7. The van der Waals surface area contributed by atoms with Crippen molar-refractivity contribution in [3.05, 3.63) is 77.1 Å². The van der Waals surface area contributed by atoms with Gasteiger partial charge in [-0.3, -0.25) is 19.3 Å². The summed E-state index contributed by atoms with van der Waals surface area (Å²) >= 11 is 0. The molecule has 8 heteroatoms. The van der Waals surface area contributed by atoms with Crippen LogP contribution >= 0.6 is 0 Å². The Labute approximate surface area is 204 Å². The van der Waals surface area contributed by atoms with Gasteiger partial charge in [0, 0.05) is 11.7 Å². The molecule has 2 heterocycles. The second-order valence-corrected chi connectivity index (χ2v) is 8.98. The lowest BCUT2D eigenvalue weighted by Crippen LogP contribution is -2.49. The van der Waals surface area contributed by atoms with Crippen LogP contribution in [-0.2, 0) is 9.59 Å². The van der Waals surface area contributed by atoms with Crippen LogP contribution in [0.15, 0.2) is 57.6 Å². The fraction of sp³-hybridized carbons (Fsp3) is 0.370. The average molecular weight is 478 g/mol. The molecule has 1 aliphatic rings. The first-order valence-electron chi connectivity index (χ1n) is 11.9. The summed E-state index contributed by atoms with van der Waals surface area (Å²) in [7, 11) is 0. The molecule has 1 aromatic carbocycles. The van der Waals surface area contributed by atoms with Crippen LogP contribution in [0.3, 0.4) is 0 Å². The number of nitrogens with one attached hydrogen (secondary N) is 2.